The third kappa shape index (κ3) is 7.38. The molecule has 1 aliphatic rings. The van der Waals surface area contributed by atoms with E-state index in [-0.39, 0.29) is 6.09 Å². The van der Waals surface area contributed by atoms with E-state index in [0.29, 0.717) is 6.54 Å². The molecule has 1 aliphatic heterocycles. The Morgan fingerprint density at radius 2 is 1.77 bits per heavy atom. The summed E-state index contributed by atoms with van der Waals surface area (Å²) in [6, 6.07) is 4.58. The molecular weight excluding hydrogens is 378 g/mol. The zero-order chi connectivity index (χ0) is 22.1. The number of carbonyl (C=O) groups is 1. The van der Waals surface area contributed by atoms with Crippen molar-refractivity contribution in [2.75, 3.05) is 51.3 Å². The van der Waals surface area contributed by atoms with Crippen LogP contribution < -0.4 is 15.0 Å². The second-order valence-corrected chi connectivity index (χ2v) is 8.98. The molecule has 1 saturated heterocycles. The number of nitrogens with one attached hydrogen (secondary N) is 1. The maximum atomic E-state index is 11.7. The SMILES string of the molecule is CCc1cc(CC)c(OC)c(N2CCN(CCCCNC(=O)OC(C)(C)C)CC2)c1. The summed E-state index contributed by atoms with van der Waals surface area (Å²) >= 11 is 0. The quantitative estimate of drug-likeness (QED) is 0.607. The lowest BCUT2D eigenvalue weighted by molar-refractivity contribution is 0.0526. The number of aryl methyl sites for hydroxylation is 2. The predicted molar refractivity (Wildman–Crippen MR) is 124 cm³/mol. The fraction of sp³-hybridized carbons (Fsp3) is 0.708. The predicted octanol–water partition coefficient (Wildman–Crippen LogP) is 4.25. The van der Waals surface area contributed by atoms with Crippen LogP contribution in [0.1, 0.15) is 58.6 Å². The monoisotopic (exact) mass is 419 g/mol. The second kappa shape index (κ2) is 11.4. The van der Waals surface area contributed by atoms with E-state index in [0.717, 1.165) is 64.2 Å². The van der Waals surface area contributed by atoms with Crippen LogP contribution in [-0.2, 0) is 17.6 Å². The molecule has 1 aromatic carbocycles. The largest absolute Gasteiger partial charge is 0.494 e. The summed E-state index contributed by atoms with van der Waals surface area (Å²) in [6.07, 6.45) is 3.74. The highest BCUT2D eigenvalue weighted by Gasteiger charge is 2.21. The summed E-state index contributed by atoms with van der Waals surface area (Å²) in [7, 11) is 1.78. The topological polar surface area (TPSA) is 54.0 Å². The first kappa shape index (κ1) is 24.3. The highest BCUT2D eigenvalue weighted by Crippen LogP contribution is 2.35. The van der Waals surface area contributed by atoms with Gasteiger partial charge in [0.25, 0.3) is 0 Å². The van der Waals surface area contributed by atoms with Gasteiger partial charge in [0.15, 0.2) is 0 Å². The van der Waals surface area contributed by atoms with Crippen molar-refractivity contribution in [2.24, 2.45) is 0 Å². The molecule has 1 heterocycles. The fourth-order valence-electron chi connectivity index (χ4n) is 3.85. The van der Waals surface area contributed by atoms with Gasteiger partial charge in [-0.2, -0.15) is 0 Å². The van der Waals surface area contributed by atoms with Gasteiger partial charge in [-0.3, -0.25) is 4.90 Å². The number of unbranched alkanes of at least 4 members (excludes halogenated alkanes) is 1. The molecule has 0 saturated carbocycles. The van der Waals surface area contributed by atoms with Gasteiger partial charge in [-0.1, -0.05) is 19.9 Å². The number of rotatable bonds is 9. The lowest BCUT2D eigenvalue weighted by atomic mass is 10.0. The van der Waals surface area contributed by atoms with E-state index in [1.54, 1.807) is 7.11 Å². The van der Waals surface area contributed by atoms with Crippen molar-refractivity contribution in [3.63, 3.8) is 0 Å². The van der Waals surface area contributed by atoms with Gasteiger partial charge in [-0.25, -0.2) is 4.79 Å². The van der Waals surface area contributed by atoms with E-state index in [2.05, 4.69) is 41.1 Å². The first-order valence-electron chi connectivity index (χ1n) is 11.4. The average Bonchev–Trinajstić information content (AvgIpc) is 2.71. The van der Waals surface area contributed by atoms with E-state index in [9.17, 15) is 4.79 Å². The average molecular weight is 420 g/mol. The van der Waals surface area contributed by atoms with E-state index < -0.39 is 5.60 Å². The molecule has 0 aromatic heterocycles. The fourth-order valence-corrected chi connectivity index (χ4v) is 3.85. The molecule has 1 N–H and O–H groups in total. The number of alkyl carbamates (subject to hydrolysis) is 1. The van der Waals surface area contributed by atoms with Crippen LogP contribution in [0, 0.1) is 0 Å². The Labute approximate surface area is 182 Å². The number of carbonyl (C=O) groups excluding carboxylic acids is 1. The minimum absolute atomic E-state index is 0.328. The summed E-state index contributed by atoms with van der Waals surface area (Å²) in [6.45, 7) is 15.9. The minimum atomic E-state index is -0.443. The second-order valence-electron chi connectivity index (χ2n) is 8.98. The van der Waals surface area contributed by atoms with Gasteiger partial charge in [0, 0.05) is 32.7 Å². The molecule has 0 aliphatic carbocycles. The molecule has 1 amide bonds. The molecule has 2 rings (SSSR count). The van der Waals surface area contributed by atoms with Crippen molar-refractivity contribution in [1.29, 1.82) is 0 Å². The molecule has 0 bridgehead atoms. The molecule has 170 valence electrons. The highest BCUT2D eigenvalue weighted by molar-refractivity contribution is 5.67. The summed E-state index contributed by atoms with van der Waals surface area (Å²) in [5, 5.41) is 2.84. The molecule has 6 nitrogen and oxygen atoms in total. The van der Waals surface area contributed by atoms with Crippen LogP contribution in [0.3, 0.4) is 0 Å². The molecule has 0 atom stereocenters. The van der Waals surface area contributed by atoms with Gasteiger partial charge in [0.05, 0.1) is 12.8 Å². The molecule has 0 radical (unpaired) electrons. The maximum absolute atomic E-state index is 11.7. The number of hydrogen-bond acceptors (Lipinski definition) is 5. The van der Waals surface area contributed by atoms with Gasteiger partial charge in [0.1, 0.15) is 11.4 Å². The molecule has 6 heteroatoms. The summed E-state index contributed by atoms with van der Waals surface area (Å²) in [5.74, 6) is 1.04. The maximum Gasteiger partial charge on any atom is 0.407 e. The zero-order valence-electron chi connectivity index (χ0n) is 19.8. The Hall–Kier alpha value is -1.95. The Balaban J connectivity index is 1.77. The standard InChI is InChI=1S/C24H41N3O3/c1-7-19-17-20(8-2)22(29-6)21(18-19)27-15-13-26(14-16-27)12-10-9-11-25-23(28)30-24(3,4)5/h17-18H,7-16H2,1-6H3,(H,25,28). The normalized spacial score (nSPS) is 15.2. The van der Waals surface area contributed by atoms with Gasteiger partial charge in [0.2, 0.25) is 0 Å². The van der Waals surface area contributed by atoms with Gasteiger partial charge in [-0.05, 0) is 70.2 Å². The van der Waals surface area contributed by atoms with Crippen LogP contribution >= 0.6 is 0 Å². The molecular formula is C24H41N3O3. The van der Waals surface area contributed by atoms with E-state index in [1.807, 2.05) is 20.8 Å². The Kier molecular flexibility index (Phi) is 9.28. The van der Waals surface area contributed by atoms with Crippen LogP contribution in [0.4, 0.5) is 10.5 Å². The Morgan fingerprint density at radius 1 is 1.07 bits per heavy atom. The van der Waals surface area contributed by atoms with Gasteiger partial charge < -0.3 is 19.7 Å². The van der Waals surface area contributed by atoms with Crippen LogP contribution in [0.2, 0.25) is 0 Å². The summed E-state index contributed by atoms with van der Waals surface area (Å²) < 4.78 is 11.1. The van der Waals surface area contributed by atoms with E-state index in [1.165, 1.54) is 16.8 Å². The first-order chi connectivity index (χ1) is 14.3. The summed E-state index contributed by atoms with van der Waals surface area (Å²) in [4.78, 5) is 16.7. The lowest BCUT2D eigenvalue weighted by Gasteiger charge is -2.37. The molecule has 1 fully saturated rings. The van der Waals surface area contributed by atoms with Crippen molar-refractivity contribution in [3.05, 3.63) is 23.3 Å². The third-order valence-electron chi connectivity index (χ3n) is 5.48. The van der Waals surface area contributed by atoms with Crippen molar-refractivity contribution in [2.45, 2.75) is 65.9 Å². The zero-order valence-corrected chi connectivity index (χ0v) is 19.8. The number of methoxy groups -OCH3 is 1. The number of hydrogen-bond donors (Lipinski definition) is 1. The number of amides is 1. The minimum Gasteiger partial charge on any atom is -0.494 e. The Bertz CT molecular complexity index is 677. The van der Waals surface area contributed by atoms with Gasteiger partial charge >= 0.3 is 6.09 Å². The van der Waals surface area contributed by atoms with Crippen LogP contribution in [0.25, 0.3) is 0 Å². The molecule has 30 heavy (non-hydrogen) atoms. The van der Waals surface area contributed by atoms with Crippen molar-refractivity contribution in [1.82, 2.24) is 10.2 Å². The smallest absolute Gasteiger partial charge is 0.407 e. The van der Waals surface area contributed by atoms with E-state index in [4.69, 9.17) is 9.47 Å². The van der Waals surface area contributed by atoms with Gasteiger partial charge in [-0.15, -0.1) is 0 Å². The lowest BCUT2D eigenvalue weighted by Crippen LogP contribution is -2.46. The molecule has 1 aromatic rings. The Morgan fingerprint density at radius 3 is 2.33 bits per heavy atom. The molecule has 0 unspecified atom stereocenters. The van der Waals surface area contributed by atoms with Crippen LogP contribution in [-0.4, -0.2) is 63.0 Å². The highest BCUT2D eigenvalue weighted by atomic mass is 16.6. The third-order valence-corrected chi connectivity index (χ3v) is 5.48. The first-order valence-corrected chi connectivity index (χ1v) is 11.4. The number of nitrogens with zero attached hydrogens (tertiary/aromatic N) is 2. The number of anilines is 1. The van der Waals surface area contributed by atoms with Crippen molar-refractivity contribution < 1.29 is 14.3 Å². The van der Waals surface area contributed by atoms with Crippen molar-refractivity contribution in [3.8, 4) is 5.75 Å². The number of benzene rings is 1. The van der Waals surface area contributed by atoms with Crippen LogP contribution in [0.5, 0.6) is 5.75 Å². The number of piperazine rings is 1. The van der Waals surface area contributed by atoms with Crippen molar-refractivity contribution >= 4 is 11.8 Å². The molecule has 0 spiro atoms. The summed E-state index contributed by atoms with van der Waals surface area (Å²) in [5.41, 5.74) is 3.48. The van der Waals surface area contributed by atoms with Crippen LogP contribution in [0.15, 0.2) is 12.1 Å². The number of ether oxygens (including phenoxy) is 2. The van der Waals surface area contributed by atoms with E-state index >= 15 is 0 Å².